The highest BCUT2D eigenvalue weighted by Crippen LogP contribution is 2.19. The molecule has 0 radical (unpaired) electrons. The summed E-state index contributed by atoms with van der Waals surface area (Å²) >= 11 is 0. The van der Waals surface area contributed by atoms with Gasteiger partial charge in [0.15, 0.2) is 5.78 Å². The van der Waals surface area contributed by atoms with Crippen molar-refractivity contribution >= 4 is 11.5 Å². The minimum atomic E-state index is -1.26. The van der Waals surface area contributed by atoms with E-state index in [-0.39, 0.29) is 5.78 Å². The second-order valence-corrected chi connectivity index (χ2v) is 4.40. The lowest BCUT2D eigenvalue weighted by Gasteiger charge is -2.20. The van der Waals surface area contributed by atoms with Gasteiger partial charge in [-0.2, -0.15) is 0 Å². The van der Waals surface area contributed by atoms with E-state index >= 15 is 0 Å². The zero-order valence-electron chi connectivity index (χ0n) is 10.3. The maximum Gasteiger partial charge on any atom is 0.194 e. The van der Waals surface area contributed by atoms with Crippen LogP contribution in [0.15, 0.2) is 24.3 Å². The lowest BCUT2D eigenvalue weighted by molar-refractivity contribution is 0.0390. The number of anilines is 1. The first-order valence-corrected chi connectivity index (χ1v) is 5.43. The zero-order chi connectivity index (χ0) is 12.3. The fraction of sp³-hybridized carbons (Fsp3) is 0.462. The molecule has 0 bridgehead atoms. The van der Waals surface area contributed by atoms with Crippen molar-refractivity contribution in [2.75, 3.05) is 19.0 Å². The number of nitrogens with zero attached hydrogens (tertiary/aromatic N) is 1. The maximum absolute atomic E-state index is 11.9. The third-order valence-electron chi connectivity index (χ3n) is 2.82. The fourth-order valence-corrected chi connectivity index (χ4v) is 1.38. The van der Waals surface area contributed by atoms with Crippen LogP contribution < -0.4 is 4.90 Å². The number of carbonyl (C=O) groups excluding carboxylic acids is 1. The molecule has 0 spiro atoms. The van der Waals surface area contributed by atoms with Gasteiger partial charge < -0.3 is 10.0 Å². The van der Waals surface area contributed by atoms with Crippen LogP contribution in [0.25, 0.3) is 0 Å². The maximum atomic E-state index is 11.9. The molecule has 0 aliphatic rings. The number of benzene rings is 1. The van der Waals surface area contributed by atoms with E-state index in [1.807, 2.05) is 31.1 Å². The Kier molecular flexibility index (Phi) is 3.70. The molecule has 0 amide bonds. The van der Waals surface area contributed by atoms with E-state index in [1.54, 1.807) is 26.0 Å². The molecular formula is C13H19NO2. The summed E-state index contributed by atoms with van der Waals surface area (Å²) in [5.41, 5.74) is 0.324. The quantitative estimate of drug-likeness (QED) is 0.791. The molecule has 0 saturated heterocycles. The number of aliphatic hydroxyl groups is 1. The van der Waals surface area contributed by atoms with Gasteiger partial charge in [0.25, 0.3) is 0 Å². The summed E-state index contributed by atoms with van der Waals surface area (Å²) in [7, 11) is 3.89. The molecule has 0 fully saturated rings. The summed E-state index contributed by atoms with van der Waals surface area (Å²) in [6.07, 6.45) is 0.418. The number of hydrogen-bond donors (Lipinski definition) is 1. The van der Waals surface area contributed by atoms with Crippen LogP contribution in [0.1, 0.15) is 30.6 Å². The molecule has 0 saturated carbocycles. The molecule has 0 heterocycles. The average molecular weight is 221 g/mol. The Morgan fingerprint density at radius 3 is 2.19 bits per heavy atom. The molecule has 0 aliphatic heterocycles. The summed E-state index contributed by atoms with van der Waals surface area (Å²) in [5, 5.41) is 9.86. The molecule has 3 heteroatoms. The van der Waals surface area contributed by atoms with E-state index in [2.05, 4.69) is 0 Å². The fourth-order valence-electron chi connectivity index (χ4n) is 1.38. The van der Waals surface area contributed by atoms with Crippen molar-refractivity contribution in [3.05, 3.63) is 29.8 Å². The highest BCUT2D eigenvalue weighted by molar-refractivity contribution is 6.02. The van der Waals surface area contributed by atoms with Crippen molar-refractivity contribution in [2.45, 2.75) is 25.9 Å². The van der Waals surface area contributed by atoms with Crippen LogP contribution in [-0.2, 0) is 0 Å². The molecule has 0 aromatic heterocycles. The monoisotopic (exact) mass is 221 g/mol. The largest absolute Gasteiger partial charge is 0.382 e. The molecule has 88 valence electrons. The van der Waals surface area contributed by atoms with E-state index in [4.69, 9.17) is 0 Å². The average Bonchev–Trinajstić information content (AvgIpc) is 2.28. The van der Waals surface area contributed by atoms with Gasteiger partial charge in [0, 0.05) is 25.3 Å². The molecule has 0 aliphatic carbocycles. The topological polar surface area (TPSA) is 40.5 Å². The predicted molar refractivity (Wildman–Crippen MR) is 66.0 cm³/mol. The number of hydrogen-bond acceptors (Lipinski definition) is 3. The van der Waals surface area contributed by atoms with E-state index in [0.29, 0.717) is 12.0 Å². The molecule has 1 rings (SSSR count). The van der Waals surface area contributed by atoms with Crippen molar-refractivity contribution < 1.29 is 9.90 Å². The Labute approximate surface area is 96.7 Å². The number of Topliss-reactive ketones (excluding diaryl/α,β-unsaturated/α-hetero) is 1. The number of carbonyl (C=O) groups is 1. The second kappa shape index (κ2) is 4.66. The Balaban J connectivity index is 2.94. The van der Waals surface area contributed by atoms with Gasteiger partial charge in [0.2, 0.25) is 0 Å². The highest BCUT2D eigenvalue weighted by atomic mass is 16.3. The van der Waals surface area contributed by atoms with Crippen LogP contribution in [0.2, 0.25) is 0 Å². The molecule has 1 aromatic rings. The Bertz CT molecular complexity index is 366. The highest BCUT2D eigenvalue weighted by Gasteiger charge is 2.28. The van der Waals surface area contributed by atoms with Crippen molar-refractivity contribution in [2.24, 2.45) is 0 Å². The van der Waals surface area contributed by atoms with Gasteiger partial charge in [-0.25, -0.2) is 0 Å². The normalized spacial score (nSPS) is 14.3. The first-order valence-electron chi connectivity index (χ1n) is 5.43. The van der Waals surface area contributed by atoms with E-state index in [1.165, 1.54) is 0 Å². The first kappa shape index (κ1) is 12.7. The molecule has 3 nitrogen and oxygen atoms in total. The smallest absolute Gasteiger partial charge is 0.194 e. The Morgan fingerprint density at radius 2 is 1.81 bits per heavy atom. The van der Waals surface area contributed by atoms with Gasteiger partial charge in [0.1, 0.15) is 5.60 Å². The summed E-state index contributed by atoms with van der Waals surface area (Å²) < 4.78 is 0. The molecular weight excluding hydrogens is 202 g/mol. The Morgan fingerprint density at radius 1 is 1.31 bits per heavy atom. The second-order valence-electron chi connectivity index (χ2n) is 4.40. The predicted octanol–water partition coefficient (Wildman–Crippen LogP) is 2.10. The van der Waals surface area contributed by atoms with Gasteiger partial charge in [-0.3, -0.25) is 4.79 Å². The van der Waals surface area contributed by atoms with Gasteiger partial charge in [-0.15, -0.1) is 0 Å². The molecule has 1 aromatic carbocycles. The Hall–Kier alpha value is -1.35. The van der Waals surface area contributed by atoms with Gasteiger partial charge >= 0.3 is 0 Å². The summed E-state index contributed by atoms with van der Waals surface area (Å²) in [6, 6.07) is 7.25. The third-order valence-corrected chi connectivity index (χ3v) is 2.82. The standard InChI is InChI=1S/C13H19NO2/c1-5-13(2,16)12(15)10-6-8-11(9-7-10)14(3)4/h6-9,16H,5H2,1-4H3. The van der Waals surface area contributed by atoms with E-state index in [9.17, 15) is 9.90 Å². The SMILES string of the molecule is CCC(C)(O)C(=O)c1ccc(N(C)C)cc1. The number of rotatable bonds is 4. The molecule has 1 atom stereocenters. The van der Waals surface area contributed by atoms with Crippen molar-refractivity contribution in [3.63, 3.8) is 0 Å². The van der Waals surface area contributed by atoms with Crippen LogP contribution in [0.5, 0.6) is 0 Å². The van der Waals surface area contributed by atoms with Gasteiger partial charge in [-0.1, -0.05) is 6.92 Å². The van der Waals surface area contributed by atoms with Gasteiger partial charge in [-0.05, 0) is 37.6 Å². The molecule has 16 heavy (non-hydrogen) atoms. The third kappa shape index (κ3) is 2.61. The molecule has 1 unspecified atom stereocenters. The van der Waals surface area contributed by atoms with Crippen molar-refractivity contribution in [1.29, 1.82) is 0 Å². The lowest BCUT2D eigenvalue weighted by Crippen LogP contribution is -2.34. The van der Waals surface area contributed by atoms with Crippen molar-refractivity contribution in [1.82, 2.24) is 0 Å². The van der Waals surface area contributed by atoms with E-state index in [0.717, 1.165) is 5.69 Å². The van der Waals surface area contributed by atoms with Crippen LogP contribution in [-0.4, -0.2) is 30.6 Å². The van der Waals surface area contributed by atoms with Crippen molar-refractivity contribution in [3.8, 4) is 0 Å². The number of ketones is 1. The van der Waals surface area contributed by atoms with Crippen LogP contribution in [0.4, 0.5) is 5.69 Å². The molecule has 1 N–H and O–H groups in total. The van der Waals surface area contributed by atoms with Crippen LogP contribution >= 0.6 is 0 Å². The summed E-state index contributed by atoms with van der Waals surface area (Å²) in [6.45, 7) is 3.35. The summed E-state index contributed by atoms with van der Waals surface area (Å²) in [4.78, 5) is 13.9. The van der Waals surface area contributed by atoms with Gasteiger partial charge in [0.05, 0.1) is 0 Å². The minimum absolute atomic E-state index is 0.222. The minimum Gasteiger partial charge on any atom is -0.382 e. The zero-order valence-corrected chi connectivity index (χ0v) is 10.3. The first-order chi connectivity index (χ1) is 7.38. The van der Waals surface area contributed by atoms with Crippen LogP contribution in [0.3, 0.4) is 0 Å². The summed E-state index contributed by atoms with van der Waals surface area (Å²) in [5.74, 6) is -0.222. The van der Waals surface area contributed by atoms with Crippen LogP contribution in [0, 0.1) is 0 Å². The van der Waals surface area contributed by atoms with E-state index < -0.39 is 5.60 Å². The lowest BCUT2D eigenvalue weighted by atomic mass is 9.92.